The Morgan fingerprint density at radius 1 is 0.939 bits per heavy atom. The molecule has 1 aliphatic carbocycles. The molecule has 1 aromatic rings. The molecule has 0 atom stereocenters. The predicted octanol–water partition coefficient (Wildman–Crippen LogP) is 1.99. The van der Waals surface area contributed by atoms with Crippen molar-refractivity contribution in [3.05, 3.63) is 29.8 Å². The number of benzene rings is 1. The summed E-state index contributed by atoms with van der Waals surface area (Å²) in [6.45, 7) is 4.69. The largest absolute Gasteiger partial charge is 0.481 e. The van der Waals surface area contributed by atoms with E-state index in [-0.39, 0.29) is 0 Å². The SMILES string of the molecule is FC(F)(F)c1cccc(N2CCN(CC3CC3)CC2)c1.O=C(O)CC(O)(CC(=O)O)C(=O)O. The van der Waals surface area contributed by atoms with E-state index in [0.29, 0.717) is 5.69 Å². The lowest BCUT2D eigenvalue weighted by atomic mass is 9.96. The van der Waals surface area contributed by atoms with Gasteiger partial charge in [-0.2, -0.15) is 13.2 Å². The van der Waals surface area contributed by atoms with Crippen molar-refractivity contribution in [2.75, 3.05) is 37.6 Å². The lowest BCUT2D eigenvalue weighted by Crippen LogP contribution is -2.47. The lowest BCUT2D eigenvalue weighted by molar-refractivity contribution is -0.170. The van der Waals surface area contributed by atoms with E-state index in [0.717, 1.165) is 44.7 Å². The van der Waals surface area contributed by atoms with Crippen molar-refractivity contribution in [2.45, 2.75) is 37.5 Å². The highest BCUT2D eigenvalue weighted by atomic mass is 19.4. The van der Waals surface area contributed by atoms with Crippen molar-refractivity contribution in [1.82, 2.24) is 4.90 Å². The Labute approximate surface area is 188 Å². The van der Waals surface area contributed by atoms with Gasteiger partial charge in [-0.25, -0.2) is 4.79 Å². The lowest BCUT2D eigenvalue weighted by Gasteiger charge is -2.36. The van der Waals surface area contributed by atoms with Gasteiger partial charge in [0.05, 0.1) is 18.4 Å². The van der Waals surface area contributed by atoms with Crippen LogP contribution in [-0.2, 0) is 20.6 Å². The van der Waals surface area contributed by atoms with Crippen molar-refractivity contribution >= 4 is 23.6 Å². The summed E-state index contributed by atoms with van der Waals surface area (Å²) in [6.07, 6.45) is -3.87. The summed E-state index contributed by atoms with van der Waals surface area (Å²) < 4.78 is 38.2. The van der Waals surface area contributed by atoms with Gasteiger partial charge in [0.15, 0.2) is 5.60 Å². The first kappa shape index (κ1) is 26.4. The smallest absolute Gasteiger partial charge is 0.416 e. The monoisotopic (exact) mass is 476 g/mol. The zero-order valence-electron chi connectivity index (χ0n) is 17.8. The standard InChI is InChI=1S/C15H19F3N2.C6H8O7/c16-15(17,18)13-2-1-3-14(10-13)20-8-6-19(7-9-20)11-12-4-5-12;7-3(8)1-6(13,5(11)12)2-4(9)10/h1-3,10,12H,4-9,11H2;13H,1-2H2,(H,7,8)(H,9,10)(H,11,12). The fraction of sp³-hybridized carbons (Fsp3) is 0.571. The first-order chi connectivity index (χ1) is 15.3. The number of carboxylic acids is 3. The number of piperazine rings is 1. The van der Waals surface area contributed by atoms with Gasteiger partial charge in [-0.1, -0.05) is 6.07 Å². The molecule has 1 saturated carbocycles. The van der Waals surface area contributed by atoms with Crippen LogP contribution in [0.4, 0.5) is 18.9 Å². The van der Waals surface area contributed by atoms with E-state index >= 15 is 0 Å². The van der Waals surface area contributed by atoms with Crippen molar-refractivity contribution in [2.24, 2.45) is 5.92 Å². The topological polar surface area (TPSA) is 139 Å². The Balaban J connectivity index is 0.000000260. The van der Waals surface area contributed by atoms with Crippen LogP contribution in [0.1, 0.15) is 31.2 Å². The molecule has 0 amide bonds. The zero-order chi connectivity index (χ0) is 24.8. The van der Waals surface area contributed by atoms with Crippen LogP contribution in [0, 0.1) is 5.92 Å². The van der Waals surface area contributed by atoms with Gasteiger partial charge < -0.3 is 25.3 Å². The van der Waals surface area contributed by atoms with Crippen molar-refractivity contribution in [3.8, 4) is 0 Å². The van der Waals surface area contributed by atoms with Crippen LogP contribution >= 0.6 is 0 Å². The summed E-state index contributed by atoms with van der Waals surface area (Å²) >= 11 is 0. The molecule has 1 saturated heterocycles. The number of nitrogens with zero attached hydrogens (tertiary/aromatic N) is 2. The molecular weight excluding hydrogens is 449 g/mol. The van der Waals surface area contributed by atoms with Crippen LogP contribution in [0.15, 0.2) is 24.3 Å². The molecule has 0 aromatic heterocycles. The summed E-state index contributed by atoms with van der Waals surface area (Å²) in [6, 6.07) is 5.66. The fourth-order valence-electron chi connectivity index (χ4n) is 3.45. The molecule has 0 bridgehead atoms. The minimum atomic E-state index is -4.26. The average molecular weight is 476 g/mol. The average Bonchev–Trinajstić information content (AvgIpc) is 3.51. The van der Waals surface area contributed by atoms with E-state index in [1.807, 2.05) is 0 Å². The number of aliphatic hydroxyl groups is 1. The molecule has 2 aliphatic rings. The molecule has 4 N–H and O–H groups in total. The van der Waals surface area contributed by atoms with Crippen LogP contribution in [-0.4, -0.2) is 81.6 Å². The van der Waals surface area contributed by atoms with Gasteiger partial charge in [0.25, 0.3) is 0 Å². The number of rotatable bonds is 8. The maximum absolute atomic E-state index is 12.7. The number of halogens is 3. The highest BCUT2D eigenvalue weighted by Gasteiger charge is 2.40. The van der Waals surface area contributed by atoms with Crippen LogP contribution in [0.5, 0.6) is 0 Å². The molecule has 0 spiro atoms. The summed E-state index contributed by atoms with van der Waals surface area (Å²) in [7, 11) is 0. The second-order valence-electron chi connectivity index (χ2n) is 8.26. The van der Waals surface area contributed by atoms with E-state index in [1.54, 1.807) is 6.07 Å². The number of carboxylic acid groups (broad SMARTS) is 3. The number of hydrogen-bond donors (Lipinski definition) is 4. The molecule has 3 rings (SSSR count). The van der Waals surface area contributed by atoms with Crippen LogP contribution in [0.3, 0.4) is 0 Å². The van der Waals surface area contributed by atoms with E-state index in [2.05, 4.69) is 9.80 Å². The summed E-state index contributed by atoms with van der Waals surface area (Å²) in [4.78, 5) is 35.0. The molecule has 12 heteroatoms. The van der Waals surface area contributed by atoms with Crippen molar-refractivity contribution in [1.29, 1.82) is 0 Å². The van der Waals surface area contributed by atoms with Gasteiger partial charge in [0.2, 0.25) is 0 Å². The Bertz CT molecular complexity index is 835. The molecule has 1 aromatic carbocycles. The van der Waals surface area contributed by atoms with Gasteiger partial charge in [-0.05, 0) is 37.0 Å². The normalized spacial score (nSPS) is 17.2. The third kappa shape index (κ3) is 8.54. The number of carbonyl (C=O) groups is 3. The first-order valence-electron chi connectivity index (χ1n) is 10.3. The molecule has 0 unspecified atom stereocenters. The third-order valence-corrected chi connectivity index (χ3v) is 5.41. The number of anilines is 1. The molecule has 9 nitrogen and oxygen atoms in total. The predicted molar refractivity (Wildman–Crippen MR) is 110 cm³/mol. The fourth-order valence-corrected chi connectivity index (χ4v) is 3.45. The highest BCUT2D eigenvalue weighted by Crippen LogP contribution is 2.33. The third-order valence-electron chi connectivity index (χ3n) is 5.41. The Morgan fingerprint density at radius 2 is 1.48 bits per heavy atom. The van der Waals surface area contributed by atoms with E-state index in [9.17, 15) is 27.6 Å². The molecule has 1 aliphatic heterocycles. The van der Waals surface area contributed by atoms with Crippen LogP contribution < -0.4 is 4.90 Å². The summed E-state index contributed by atoms with van der Waals surface area (Å²) in [5, 5.41) is 33.8. The molecule has 33 heavy (non-hydrogen) atoms. The molecule has 184 valence electrons. The van der Waals surface area contributed by atoms with E-state index in [4.69, 9.17) is 20.4 Å². The molecule has 0 radical (unpaired) electrons. The van der Waals surface area contributed by atoms with Gasteiger partial charge >= 0.3 is 24.1 Å². The number of hydrogen-bond acceptors (Lipinski definition) is 6. The maximum Gasteiger partial charge on any atom is 0.416 e. The second-order valence-corrected chi connectivity index (χ2v) is 8.26. The van der Waals surface area contributed by atoms with E-state index < -0.39 is 48.1 Å². The van der Waals surface area contributed by atoms with Crippen LogP contribution in [0.25, 0.3) is 0 Å². The molecule has 1 heterocycles. The van der Waals surface area contributed by atoms with Crippen LogP contribution in [0.2, 0.25) is 0 Å². The zero-order valence-corrected chi connectivity index (χ0v) is 17.8. The quantitative estimate of drug-likeness (QED) is 0.444. The summed E-state index contributed by atoms with van der Waals surface area (Å²) in [5.74, 6) is -4.15. The van der Waals surface area contributed by atoms with Gasteiger partial charge in [0.1, 0.15) is 0 Å². The molecular formula is C21H27F3N2O7. The van der Waals surface area contributed by atoms with Gasteiger partial charge in [0, 0.05) is 38.4 Å². The number of alkyl halides is 3. The minimum absolute atomic E-state index is 0.560. The second kappa shape index (κ2) is 10.8. The maximum atomic E-state index is 12.7. The highest BCUT2D eigenvalue weighted by molar-refractivity contribution is 5.88. The summed E-state index contributed by atoms with van der Waals surface area (Å²) in [5.41, 5.74) is -2.61. The number of aliphatic carboxylic acids is 3. The Morgan fingerprint density at radius 3 is 1.91 bits per heavy atom. The van der Waals surface area contributed by atoms with Crippen molar-refractivity contribution in [3.63, 3.8) is 0 Å². The van der Waals surface area contributed by atoms with Gasteiger partial charge in [-0.15, -0.1) is 0 Å². The molecule has 2 fully saturated rings. The van der Waals surface area contributed by atoms with Gasteiger partial charge in [-0.3, -0.25) is 14.5 Å². The van der Waals surface area contributed by atoms with E-state index in [1.165, 1.54) is 25.0 Å². The minimum Gasteiger partial charge on any atom is -0.481 e. The Kier molecular flexibility index (Phi) is 8.67. The van der Waals surface area contributed by atoms with Crippen molar-refractivity contribution < 1.29 is 48.0 Å². The Hall–Kier alpha value is -2.86. The first-order valence-corrected chi connectivity index (χ1v) is 10.3.